The molecule has 1 heterocycles. The smallest absolute Gasteiger partial charge is 0.307 e. The van der Waals surface area contributed by atoms with E-state index in [1.54, 1.807) is 4.90 Å². The van der Waals surface area contributed by atoms with E-state index in [0.29, 0.717) is 6.61 Å². The Bertz CT molecular complexity index is 179. The lowest BCUT2D eigenvalue weighted by molar-refractivity contribution is -0.245. The van der Waals surface area contributed by atoms with Gasteiger partial charge >= 0.3 is 6.09 Å². The molecule has 0 aliphatic carbocycles. The first-order chi connectivity index (χ1) is 6.70. The molecule has 0 atom stereocenters. The van der Waals surface area contributed by atoms with Gasteiger partial charge in [0.15, 0.2) is 0 Å². The van der Waals surface area contributed by atoms with Crippen LogP contribution in [0, 0.1) is 0 Å². The van der Waals surface area contributed by atoms with Gasteiger partial charge in [-0.1, -0.05) is 0 Å². The first-order valence-corrected chi connectivity index (χ1v) is 4.93. The highest BCUT2D eigenvalue weighted by Crippen LogP contribution is 2.08. The van der Waals surface area contributed by atoms with Crippen LogP contribution in [0.4, 0.5) is 4.79 Å². The van der Waals surface area contributed by atoms with Crippen LogP contribution in [0.2, 0.25) is 0 Å². The monoisotopic (exact) mass is 202 g/mol. The molecule has 0 unspecified atom stereocenters. The minimum atomic E-state index is -0.360. The fourth-order valence-electron chi connectivity index (χ4n) is 1.26. The number of carbonyl (C=O) groups is 1. The molecule has 1 saturated heterocycles. The third kappa shape index (κ3) is 3.93. The Labute approximate surface area is 84.5 Å². The first-order valence-electron chi connectivity index (χ1n) is 4.93. The molecular formula is C9H18N2O3. The van der Waals surface area contributed by atoms with Crippen molar-refractivity contribution >= 4 is 6.09 Å². The summed E-state index contributed by atoms with van der Waals surface area (Å²) in [5.74, 6) is 0. The molecule has 0 radical (unpaired) electrons. The van der Waals surface area contributed by atoms with Crippen molar-refractivity contribution < 1.29 is 14.6 Å². The molecule has 14 heavy (non-hydrogen) atoms. The lowest BCUT2D eigenvalue weighted by atomic mass is 10.4. The fourth-order valence-corrected chi connectivity index (χ4v) is 1.26. The maximum Gasteiger partial charge on any atom is 0.441 e. The van der Waals surface area contributed by atoms with E-state index in [-0.39, 0.29) is 6.09 Å². The van der Waals surface area contributed by atoms with Crippen molar-refractivity contribution in [2.24, 2.45) is 0 Å². The van der Waals surface area contributed by atoms with Crippen LogP contribution in [-0.4, -0.2) is 56.2 Å². The topological polar surface area (TPSA) is 42.0 Å². The van der Waals surface area contributed by atoms with Crippen LogP contribution >= 0.6 is 0 Å². The minimum Gasteiger partial charge on any atom is -0.307 e. The number of rotatable bonds is 4. The first kappa shape index (κ1) is 11.3. The largest absolute Gasteiger partial charge is 0.441 e. The van der Waals surface area contributed by atoms with E-state index in [0.717, 1.165) is 32.5 Å². The van der Waals surface area contributed by atoms with Gasteiger partial charge < -0.3 is 9.80 Å². The van der Waals surface area contributed by atoms with E-state index >= 15 is 0 Å². The molecule has 0 bridgehead atoms. The summed E-state index contributed by atoms with van der Waals surface area (Å²) in [6, 6.07) is 0. The predicted octanol–water partition coefficient (Wildman–Crippen LogP) is 0.712. The number of carbonyl (C=O) groups excluding carboxylic acids is 1. The summed E-state index contributed by atoms with van der Waals surface area (Å²) in [6.45, 7) is 2.73. The molecule has 1 rings (SSSR count). The van der Waals surface area contributed by atoms with E-state index in [9.17, 15) is 4.79 Å². The van der Waals surface area contributed by atoms with Crippen molar-refractivity contribution in [3.8, 4) is 0 Å². The van der Waals surface area contributed by atoms with E-state index in [2.05, 4.69) is 4.89 Å². The fraction of sp³-hybridized carbons (Fsp3) is 0.889. The molecule has 1 aliphatic heterocycles. The normalized spacial score (nSPS) is 16.4. The van der Waals surface area contributed by atoms with E-state index in [1.165, 1.54) is 0 Å². The molecule has 0 saturated carbocycles. The Hall–Kier alpha value is -0.810. The zero-order valence-corrected chi connectivity index (χ0v) is 8.86. The minimum absolute atomic E-state index is 0.360. The van der Waals surface area contributed by atoms with Gasteiger partial charge in [-0.2, -0.15) is 4.89 Å². The Morgan fingerprint density at radius 1 is 1.36 bits per heavy atom. The van der Waals surface area contributed by atoms with E-state index < -0.39 is 0 Å². The molecule has 5 nitrogen and oxygen atoms in total. The number of amides is 1. The van der Waals surface area contributed by atoms with Crippen LogP contribution < -0.4 is 0 Å². The highest BCUT2D eigenvalue weighted by molar-refractivity contribution is 5.67. The van der Waals surface area contributed by atoms with Crippen LogP contribution in [-0.2, 0) is 9.78 Å². The lowest BCUT2D eigenvalue weighted by Gasteiger charge is -2.14. The third-order valence-electron chi connectivity index (χ3n) is 2.12. The second-order valence-electron chi connectivity index (χ2n) is 3.67. The molecule has 82 valence electrons. The maximum atomic E-state index is 11.3. The molecule has 0 aromatic rings. The van der Waals surface area contributed by atoms with Crippen LogP contribution in [0.3, 0.4) is 0 Å². The van der Waals surface area contributed by atoms with Crippen molar-refractivity contribution in [1.29, 1.82) is 0 Å². The molecule has 0 aromatic carbocycles. The zero-order valence-electron chi connectivity index (χ0n) is 8.86. The average Bonchev–Trinajstić information content (AvgIpc) is 2.64. The molecule has 0 aromatic heterocycles. The molecule has 0 N–H and O–H groups in total. The number of hydrogen-bond acceptors (Lipinski definition) is 4. The average molecular weight is 202 g/mol. The summed E-state index contributed by atoms with van der Waals surface area (Å²) in [5, 5.41) is 0. The summed E-state index contributed by atoms with van der Waals surface area (Å²) in [5.41, 5.74) is 0. The van der Waals surface area contributed by atoms with Crippen molar-refractivity contribution in [3.63, 3.8) is 0 Å². The van der Waals surface area contributed by atoms with Gasteiger partial charge in [0, 0.05) is 19.6 Å². The summed E-state index contributed by atoms with van der Waals surface area (Å²) < 4.78 is 0. The highest BCUT2D eigenvalue weighted by Gasteiger charge is 2.19. The molecule has 1 amide bonds. The van der Waals surface area contributed by atoms with Gasteiger partial charge in [-0.3, -0.25) is 4.89 Å². The molecule has 1 aliphatic rings. The van der Waals surface area contributed by atoms with Gasteiger partial charge in [0.1, 0.15) is 6.61 Å². The van der Waals surface area contributed by atoms with Crippen LogP contribution in [0.1, 0.15) is 12.8 Å². The second kappa shape index (κ2) is 5.82. The van der Waals surface area contributed by atoms with Crippen molar-refractivity contribution in [1.82, 2.24) is 9.80 Å². The Morgan fingerprint density at radius 3 is 2.57 bits per heavy atom. The number of nitrogens with zero attached hydrogens (tertiary/aromatic N) is 2. The van der Waals surface area contributed by atoms with Crippen LogP contribution in [0.25, 0.3) is 0 Å². The van der Waals surface area contributed by atoms with Crippen molar-refractivity contribution in [2.45, 2.75) is 12.8 Å². The van der Waals surface area contributed by atoms with Gasteiger partial charge in [-0.25, -0.2) is 4.79 Å². The Kier molecular flexibility index (Phi) is 4.69. The predicted molar refractivity (Wildman–Crippen MR) is 51.8 cm³/mol. The maximum absolute atomic E-state index is 11.3. The lowest BCUT2D eigenvalue weighted by Crippen LogP contribution is -2.29. The van der Waals surface area contributed by atoms with Gasteiger partial charge in [0.25, 0.3) is 0 Å². The van der Waals surface area contributed by atoms with Crippen molar-refractivity contribution in [3.05, 3.63) is 0 Å². The van der Waals surface area contributed by atoms with Gasteiger partial charge in [0.2, 0.25) is 0 Å². The highest BCUT2D eigenvalue weighted by atomic mass is 17.2. The summed E-state index contributed by atoms with van der Waals surface area (Å²) in [4.78, 5) is 24.3. The van der Waals surface area contributed by atoms with Crippen LogP contribution in [0.5, 0.6) is 0 Å². The summed E-state index contributed by atoms with van der Waals surface area (Å²) in [7, 11) is 3.87. The van der Waals surface area contributed by atoms with Crippen molar-refractivity contribution in [2.75, 3.05) is 40.3 Å². The van der Waals surface area contributed by atoms with Gasteiger partial charge in [-0.05, 0) is 26.9 Å². The standard InChI is InChI=1S/C9H18N2O3/c1-10(2)7-8-13-14-9(12)11-5-3-4-6-11/h3-8H2,1-2H3. The Morgan fingerprint density at radius 2 is 2.00 bits per heavy atom. The second-order valence-corrected chi connectivity index (χ2v) is 3.67. The van der Waals surface area contributed by atoms with Gasteiger partial charge in [0.05, 0.1) is 0 Å². The third-order valence-corrected chi connectivity index (χ3v) is 2.12. The molecule has 1 fully saturated rings. The van der Waals surface area contributed by atoms with Crippen LogP contribution in [0.15, 0.2) is 0 Å². The van der Waals surface area contributed by atoms with E-state index in [4.69, 9.17) is 4.89 Å². The SMILES string of the molecule is CN(C)CCOOC(=O)N1CCCC1. The molecule has 0 spiro atoms. The van der Waals surface area contributed by atoms with Gasteiger partial charge in [-0.15, -0.1) is 0 Å². The summed E-state index contributed by atoms with van der Waals surface area (Å²) in [6.07, 6.45) is 1.76. The number of hydrogen-bond donors (Lipinski definition) is 0. The Balaban J connectivity index is 2.03. The zero-order chi connectivity index (χ0) is 10.4. The summed E-state index contributed by atoms with van der Waals surface area (Å²) >= 11 is 0. The molecule has 5 heteroatoms. The molecular weight excluding hydrogens is 184 g/mol. The van der Waals surface area contributed by atoms with E-state index in [1.807, 2.05) is 19.0 Å². The number of likely N-dealkylation sites (tertiary alicyclic amines) is 1. The number of likely N-dealkylation sites (N-methyl/N-ethyl adjacent to an activating group) is 1. The quantitative estimate of drug-likeness (QED) is 0.382.